The van der Waals surface area contributed by atoms with Gasteiger partial charge < -0.3 is 11.1 Å². The number of nitrogens with one attached hydrogen (secondary N) is 1. The first kappa shape index (κ1) is 13.1. The highest BCUT2D eigenvalue weighted by Gasteiger charge is 2.30. The van der Waals surface area contributed by atoms with Crippen molar-refractivity contribution in [3.63, 3.8) is 0 Å². The number of hydrogen-bond donors (Lipinski definition) is 2. The van der Waals surface area contributed by atoms with Crippen molar-refractivity contribution in [2.45, 2.75) is 12.7 Å². The van der Waals surface area contributed by atoms with E-state index in [0.29, 0.717) is 17.2 Å². The molecule has 0 fully saturated rings. The van der Waals surface area contributed by atoms with E-state index in [-0.39, 0.29) is 6.54 Å². The zero-order valence-corrected chi connectivity index (χ0v) is 9.78. The number of nitrogen functional groups attached to an aromatic ring is 1. The van der Waals surface area contributed by atoms with Gasteiger partial charge in [-0.3, -0.25) is 0 Å². The first-order valence-electron chi connectivity index (χ1n) is 5.43. The Hall–Kier alpha value is -2.31. The normalized spacial score (nSPS) is 11.3. The van der Waals surface area contributed by atoms with Crippen molar-refractivity contribution < 1.29 is 13.2 Å². The van der Waals surface area contributed by atoms with Gasteiger partial charge in [0.15, 0.2) is 0 Å². The van der Waals surface area contributed by atoms with Gasteiger partial charge >= 0.3 is 6.18 Å². The third kappa shape index (κ3) is 3.57. The molecule has 0 saturated heterocycles. The molecule has 3 N–H and O–H groups in total. The fourth-order valence-electron chi connectivity index (χ4n) is 1.44. The second-order valence-electron chi connectivity index (χ2n) is 3.86. The second-order valence-corrected chi connectivity index (χ2v) is 3.86. The predicted molar refractivity (Wildman–Crippen MR) is 65.2 cm³/mol. The van der Waals surface area contributed by atoms with Crippen molar-refractivity contribution in [1.29, 1.82) is 0 Å². The van der Waals surface area contributed by atoms with E-state index in [4.69, 9.17) is 5.73 Å². The number of hydrogen-bond acceptors (Lipinski definition) is 4. The van der Waals surface area contributed by atoms with E-state index in [1.165, 1.54) is 18.5 Å². The Morgan fingerprint density at radius 2 is 1.84 bits per heavy atom. The van der Waals surface area contributed by atoms with E-state index in [0.717, 1.165) is 12.1 Å². The molecule has 2 rings (SSSR count). The number of nitrogens with zero attached hydrogens (tertiary/aromatic N) is 2. The van der Waals surface area contributed by atoms with Crippen LogP contribution >= 0.6 is 0 Å². The maximum Gasteiger partial charge on any atom is 0.416 e. The molecule has 0 unspecified atom stereocenters. The van der Waals surface area contributed by atoms with Gasteiger partial charge in [0.25, 0.3) is 0 Å². The topological polar surface area (TPSA) is 63.8 Å². The van der Waals surface area contributed by atoms with Crippen LogP contribution in [0.1, 0.15) is 11.4 Å². The van der Waals surface area contributed by atoms with Crippen LogP contribution < -0.4 is 11.1 Å². The number of alkyl halides is 3. The van der Waals surface area contributed by atoms with Gasteiger partial charge in [0, 0.05) is 5.69 Å². The average molecular weight is 268 g/mol. The summed E-state index contributed by atoms with van der Waals surface area (Å²) in [4.78, 5) is 7.89. The molecule has 100 valence electrons. The quantitative estimate of drug-likeness (QED) is 0.898. The largest absolute Gasteiger partial charge is 0.416 e. The molecule has 0 radical (unpaired) electrons. The van der Waals surface area contributed by atoms with Crippen LogP contribution in [0.25, 0.3) is 0 Å². The summed E-state index contributed by atoms with van der Waals surface area (Å²) in [6.45, 7) is 0.224. The Morgan fingerprint density at radius 1 is 1.16 bits per heavy atom. The van der Waals surface area contributed by atoms with Gasteiger partial charge in [0.2, 0.25) is 0 Å². The summed E-state index contributed by atoms with van der Waals surface area (Å²) in [6.07, 6.45) is -1.47. The van der Waals surface area contributed by atoms with E-state index < -0.39 is 11.7 Å². The number of nitrogens with two attached hydrogens (primary N) is 1. The molecule has 7 heteroatoms. The molecule has 0 amide bonds. The van der Waals surface area contributed by atoms with E-state index in [1.54, 1.807) is 6.07 Å². The Labute approximate surface area is 107 Å². The molecule has 0 aliphatic heterocycles. The van der Waals surface area contributed by atoms with E-state index in [2.05, 4.69) is 15.3 Å². The van der Waals surface area contributed by atoms with Crippen LogP contribution in [-0.4, -0.2) is 9.97 Å². The number of anilines is 2. The average Bonchev–Trinajstić information content (AvgIpc) is 2.37. The SMILES string of the molecule is Nc1cnc(CNc2cccc(C(F)(F)F)c2)nc1. The van der Waals surface area contributed by atoms with E-state index in [9.17, 15) is 13.2 Å². The first-order valence-corrected chi connectivity index (χ1v) is 5.43. The molecule has 1 heterocycles. The first-order chi connectivity index (χ1) is 8.95. The third-order valence-corrected chi connectivity index (χ3v) is 2.37. The highest BCUT2D eigenvalue weighted by atomic mass is 19.4. The zero-order chi connectivity index (χ0) is 13.9. The summed E-state index contributed by atoms with van der Waals surface area (Å²) >= 11 is 0. The van der Waals surface area contributed by atoms with Gasteiger partial charge in [-0.2, -0.15) is 13.2 Å². The third-order valence-electron chi connectivity index (χ3n) is 2.37. The summed E-state index contributed by atoms with van der Waals surface area (Å²) in [6, 6.07) is 4.95. The molecular formula is C12H11F3N4. The molecule has 0 bridgehead atoms. The molecule has 0 atom stereocenters. The number of benzene rings is 1. The molecule has 19 heavy (non-hydrogen) atoms. The van der Waals surface area contributed by atoms with Crippen molar-refractivity contribution >= 4 is 11.4 Å². The van der Waals surface area contributed by atoms with Gasteiger partial charge in [-0.05, 0) is 18.2 Å². The van der Waals surface area contributed by atoms with E-state index >= 15 is 0 Å². The second kappa shape index (κ2) is 5.13. The minimum absolute atomic E-state index is 0.224. The fourth-order valence-corrected chi connectivity index (χ4v) is 1.44. The molecule has 2 aromatic rings. The molecule has 1 aromatic heterocycles. The van der Waals surface area contributed by atoms with Crippen molar-refractivity contribution in [3.05, 3.63) is 48.0 Å². The van der Waals surface area contributed by atoms with Crippen molar-refractivity contribution in [2.24, 2.45) is 0 Å². The maximum absolute atomic E-state index is 12.5. The van der Waals surface area contributed by atoms with Crippen LogP contribution in [0.5, 0.6) is 0 Å². The summed E-state index contributed by atoms with van der Waals surface area (Å²) in [5.41, 5.74) is 5.52. The van der Waals surface area contributed by atoms with Crippen LogP contribution in [0.3, 0.4) is 0 Å². The lowest BCUT2D eigenvalue weighted by atomic mass is 10.2. The lowest BCUT2D eigenvalue weighted by Crippen LogP contribution is -2.07. The van der Waals surface area contributed by atoms with Gasteiger partial charge in [-0.1, -0.05) is 6.07 Å². The van der Waals surface area contributed by atoms with Crippen LogP contribution in [0.4, 0.5) is 24.5 Å². The molecule has 0 aliphatic carbocycles. The van der Waals surface area contributed by atoms with Crippen molar-refractivity contribution in [2.75, 3.05) is 11.1 Å². The van der Waals surface area contributed by atoms with Gasteiger partial charge in [-0.15, -0.1) is 0 Å². The molecule has 0 spiro atoms. The standard InChI is InChI=1S/C12H11F3N4/c13-12(14,15)8-2-1-3-10(4-8)17-7-11-18-5-9(16)6-19-11/h1-6,17H,7,16H2. The van der Waals surface area contributed by atoms with Crippen LogP contribution in [0.2, 0.25) is 0 Å². The van der Waals surface area contributed by atoms with Crippen LogP contribution in [-0.2, 0) is 12.7 Å². The van der Waals surface area contributed by atoms with Gasteiger partial charge in [-0.25, -0.2) is 9.97 Å². The molecule has 4 nitrogen and oxygen atoms in total. The minimum atomic E-state index is -4.35. The van der Waals surface area contributed by atoms with Crippen LogP contribution in [0, 0.1) is 0 Å². The summed E-state index contributed by atoms with van der Waals surface area (Å²) in [5, 5.41) is 2.83. The van der Waals surface area contributed by atoms with Gasteiger partial charge in [0.1, 0.15) is 5.82 Å². The lowest BCUT2D eigenvalue weighted by molar-refractivity contribution is -0.137. The smallest absolute Gasteiger partial charge is 0.396 e. The zero-order valence-electron chi connectivity index (χ0n) is 9.78. The monoisotopic (exact) mass is 268 g/mol. The highest BCUT2D eigenvalue weighted by Crippen LogP contribution is 2.30. The summed E-state index contributed by atoms with van der Waals surface area (Å²) < 4.78 is 37.5. The number of halogens is 3. The maximum atomic E-state index is 12.5. The number of rotatable bonds is 3. The number of aromatic nitrogens is 2. The predicted octanol–water partition coefficient (Wildman–Crippen LogP) is 2.69. The van der Waals surface area contributed by atoms with Crippen molar-refractivity contribution in [1.82, 2.24) is 9.97 Å². The summed E-state index contributed by atoms with van der Waals surface area (Å²) in [7, 11) is 0. The van der Waals surface area contributed by atoms with Crippen LogP contribution in [0.15, 0.2) is 36.7 Å². The Morgan fingerprint density at radius 3 is 2.47 bits per heavy atom. The molecule has 0 aliphatic rings. The molecule has 0 saturated carbocycles. The molecular weight excluding hydrogens is 257 g/mol. The molecule has 1 aromatic carbocycles. The minimum Gasteiger partial charge on any atom is -0.396 e. The summed E-state index contributed by atoms with van der Waals surface area (Å²) in [5.74, 6) is 0.451. The fraction of sp³-hybridized carbons (Fsp3) is 0.167. The highest BCUT2D eigenvalue weighted by molar-refractivity contribution is 5.46. The lowest BCUT2D eigenvalue weighted by Gasteiger charge is -2.10. The van der Waals surface area contributed by atoms with Crippen molar-refractivity contribution in [3.8, 4) is 0 Å². The van der Waals surface area contributed by atoms with E-state index in [1.807, 2.05) is 0 Å². The Balaban J connectivity index is 2.05. The van der Waals surface area contributed by atoms with Gasteiger partial charge in [0.05, 0.1) is 30.2 Å². The Kier molecular flexibility index (Phi) is 3.55. The Bertz CT molecular complexity index is 552.